The summed E-state index contributed by atoms with van der Waals surface area (Å²) >= 11 is 13.6. The molecular weight excluding hydrogens is 432 g/mol. The summed E-state index contributed by atoms with van der Waals surface area (Å²) in [6, 6.07) is 10.3. The number of halogens is 2. The van der Waals surface area contributed by atoms with E-state index in [1.165, 1.54) is 17.8 Å². The maximum absolute atomic E-state index is 10.8. The van der Waals surface area contributed by atoms with Crippen LogP contribution in [0.15, 0.2) is 46.2 Å². The zero-order valence-corrected chi connectivity index (χ0v) is 17.7. The highest BCUT2D eigenvalue weighted by Crippen LogP contribution is 2.38. The molecule has 0 aliphatic rings. The van der Waals surface area contributed by atoms with E-state index in [1.807, 2.05) is 12.1 Å². The predicted octanol–water partition coefficient (Wildman–Crippen LogP) is 4.61. The fourth-order valence-corrected chi connectivity index (χ4v) is 4.18. The van der Waals surface area contributed by atoms with Crippen molar-refractivity contribution >= 4 is 42.8 Å². The fraction of sp³-hybridized carbons (Fsp3) is 0.294. The van der Waals surface area contributed by atoms with E-state index in [9.17, 15) is 9.67 Å². The minimum absolute atomic E-state index is 0.133. The van der Waals surface area contributed by atoms with Gasteiger partial charge in [0.05, 0.1) is 11.5 Å². The van der Waals surface area contributed by atoms with E-state index in [2.05, 4.69) is 4.52 Å². The van der Waals surface area contributed by atoms with Gasteiger partial charge in [-0.2, -0.15) is 0 Å². The van der Waals surface area contributed by atoms with Crippen LogP contribution in [0.25, 0.3) is 0 Å². The quantitative estimate of drug-likeness (QED) is 0.433. The van der Waals surface area contributed by atoms with E-state index >= 15 is 0 Å². The lowest BCUT2D eigenvalue weighted by Gasteiger charge is -2.24. The first kappa shape index (κ1) is 22.5. The van der Waals surface area contributed by atoms with Gasteiger partial charge in [-0.1, -0.05) is 41.0 Å². The topological polar surface area (TPSA) is 113 Å². The van der Waals surface area contributed by atoms with Gasteiger partial charge in [-0.3, -0.25) is 4.52 Å². The van der Waals surface area contributed by atoms with Gasteiger partial charge in [0.2, 0.25) is 0 Å². The zero-order valence-electron chi connectivity index (χ0n) is 14.4. The average molecular weight is 452 g/mol. The summed E-state index contributed by atoms with van der Waals surface area (Å²) in [6.07, 6.45) is 0.942. The normalized spacial score (nSPS) is 14.1. The van der Waals surface area contributed by atoms with Crippen molar-refractivity contribution in [2.75, 3.05) is 6.61 Å². The second-order valence-corrected chi connectivity index (χ2v) is 9.58. The monoisotopic (exact) mass is 451 g/mol. The van der Waals surface area contributed by atoms with E-state index in [0.717, 1.165) is 10.5 Å². The molecule has 2 rings (SSSR count). The van der Waals surface area contributed by atoms with Crippen molar-refractivity contribution in [1.29, 1.82) is 0 Å². The molecular formula is C17H20Cl2NO5PS. The maximum atomic E-state index is 10.8. The first-order valence-corrected chi connectivity index (χ1v) is 11.0. The minimum atomic E-state index is -4.55. The second kappa shape index (κ2) is 9.16. The van der Waals surface area contributed by atoms with Crippen LogP contribution < -0.4 is 5.73 Å². The van der Waals surface area contributed by atoms with Crippen LogP contribution in [0.2, 0.25) is 10.0 Å². The number of aromatic hydroxyl groups is 1. The Hall–Kier alpha value is -0.760. The highest BCUT2D eigenvalue weighted by Gasteiger charge is 2.24. The highest BCUT2D eigenvalue weighted by molar-refractivity contribution is 7.99. The Morgan fingerprint density at radius 1 is 1.22 bits per heavy atom. The molecule has 0 aromatic heterocycles. The van der Waals surface area contributed by atoms with Crippen molar-refractivity contribution in [3.8, 4) is 5.75 Å². The van der Waals surface area contributed by atoms with Gasteiger partial charge in [-0.25, -0.2) is 4.57 Å². The number of nitrogens with two attached hydrogens (primary N) is 1. The van der Waals surface area contributed by atoms with E-state index < -0.39 is 13.4 Å². The van der Waals surface area contributed by atoms with Gasteiger partial charge in [0.25, 0.3) is 0 Å². The molecule has 6 nitrogen and oxygen atoms in total. The van der Waals surface area contributed by atoms with Gasteiger partial charge in [0.1, 0.15) is 5.75 Å². The van der Waals surface area contributed by atoms with E-state index in [1.54, 1.807) is 25.1 Å². The summed E-state index contributed by atoms with van der Waals surface area (Å²) in [5.74, 6) is 0.133. The molecule has 148 valence electrons. The van der Waals surface area contributed by atoms with Crippen molar-refractivity contribution < 1.29 is 24.0 Å². The molecule has 0 unspecified atom stereocenters. The lowest BCUT2D eigenvalue weighted by molar-refractivity contribution is 0.154. The second-order valence-electron chi connectivity index (χ2n) is 6.39. The van der Waals surface area contributed by atoms with Crippen LogP contribution in [-0.2, 0) is 15.5 Å². The Balaban J connectivity index is 2.02. The number of benzene rings is 2. The summed E-state index contributed by atoms with van der Waals surface area (Å²) in [5, 5.41) is 11.0. The molecule has 0 bridgehead atoms. The predicted molar refractivity (Wildman–Crippen MR) is 108 cm³/mol. The summed E-state index contributed by atoms with van der Waals surface area (Å²) in [7, 11) is -4.55. The van der Waals surface area contributed by atoms with Crippen LogP contribution in [0.1, 0.15) is 18.9 Å². The summed E-state index contributed by atoms with van der Waals surface area (Å²) in [6.45, 7) is 1.39. The molecule has 0 fully saturated rings. The first-order chi connectivity index (χ1) is 12.5. The van der Waals surface area contributed by atoms with Crippen LogP contribution in [-0.4, -0.2) is 27.0 Å². The van der Waals surface area contributed by atoms with Crippen LogP contribution in [0, 0.1) is 0 Å². The highest BCUT2D eigenvalue weighted by atomic mass is 35.5. The number of hydrogen-bond donors (Lipinski definition) is 4. The van der Waals surface area contributed by atoms with Crippen LogP contribution in [0.5, 0.6) is 5.75 Å². The zero-order chi connectivity index (χ0) is 20.2. The summed E-state index contributed by atoms with van der Waals surface area (Å²) in [5.41, 5.74) is 5.97. The number of phenolic OH excluding ortho intramolecular Hbond substituents is 1. The fourth-order valence-electron chi connectivity index (χ4n) is 2.21. The Kier molecular flexibility index (Phi) is 7.64. The van der Waals surface area contributed by atoms with E-state index in [-0.39, 0.29) is 12.4 Å². The van der Waals surface area contributed by atoms with Crippen LogP contribution >= 0.6 is 42.8 Å². The molecule has 0 spiro atoms. The van der Waals surface area contributed by atoms with Gasteiger partial charge in [-0.05, 0) is 55.7 Å². The molecule has 0 amide bonds. The molecule has 27 heavy (non-hydrogen) atoms. The number of phosphoric ester groups is 1. The van der Waals surface area contributed by atoms with Crippen LogP contribution in [0.4, 0.5) is 0 Å². The van der Waals surface area contributed by atoms with Gasteiger partial charge >= 0.3 is 7.82 Å². The third-order valence-electron chi connectivity index (χ3n) is 3.70. The molecule has 1 atom stereocenters. The molecule has 0 saturated carbocycles. The molecule has 0 heterocycles. The molecule has 0 radical (unpaired) electrons. The third-order valence-corrected chi connectivity index (χ3v) is 5.79. The van der Waals surface area contributed by atoms with Gasteiger partial charge in [-0.15, -0.1) is 0 Å². The van der Waals surface area contributed by atoms with Crippen LogP contribution in [0.3, 0.4) is 0 Å². The SMILES string of the molecule is C[C@](N)(CCc1ccc(Sc2cc(Cl)ccc2O)cc1Cl)COP(=O)(O)O. The number of phenols is 1. The lowest BCUT2D eigenvalue weighted by Crippen LogP contribution is -2.41. The van der Waals surface area contributed by atoms with Crippen molar-refractivity contribution in [1.82, 2.24) is 0 Å². The Bertz CT molecular complexity index is 859. The van der Waals surface area contributed by atoms with Gasteiger partial charge in [0.15, 0.2) is 0 Å². The summed E-state index contributed by atoms with van der Waals surface area (Å²) < 4.78 is 15.3. The van der Waals surface area contributed by atoms with Gasteiger partial charge < -0.3 is 20.6 Å². The Morgan fingerprint density at radius 2 is 1.93 bits per heavy atom. The van der Waals surface area contributed by atoms with Crippen molar-refractivity contribution in [2.45, 2.75) is 35.1 Å². The molecule has 2 aromatic rings. The minimum Gasteiger partial charge on any atom is -0.507 e. The van der Waals surface area contributed by atoms with Crippen molar-refractivity contribution in [2.24, 2.45) is 5.73 Å². The first-order valence-electron chi connectivity index (χ1n) is 7.89. The standard InChI is InChI=1S/C17H20Cl2NO5PS/c1-17(20,10-25-26(22,23)24)7-6-11-2-4-13(9-14(11)19)27-16-8-12(18)3-5-15(16)21/h2-5,8-9,21H,6-7,10,20H2,1H3,(H2,22,23,24)/t17-/m0/s1. The van der Waals surface area contributed by atoms with E-state index in [0.29, 0.717) is 27.8 Å². The average Bonchev–Trinajstić information content (AvgIpc) is 2.55. The van der Waals surface area contributed by atoms with E-state index in [4.69, 9.17) is 38.7 Å². The Morgan fingerprint density at radius 3 is 2.56 bits per heavy atom. The molecule has 5 N–H and O–H groups in total. The smallest absolute Gasteiger partial charge is 0.469 e. The number of phosphoric acid groups is 1. The number of aryl methyl sites for hydroxylation is 1. The number of hydrogen-bond acceptors (Lipinski definition) is 5. The molecule has 0 aliphatic heterocycles. The third kappa shape index (κ3) is 7.64. The molecule has 0 aliphatic carbocycles. The summed E-state index contributed by atoms with van der Waals surface area (Å²) in [4.78, 5) is 19.0. The van der Waals surface area contributed by atoms with Crippen molar-refractivity contribution in [3.05, 3.63) is 52.0 Å². The van der Waals surface area contributed by atoms with Crippen molar-refractivity contribution in [3.63, 3.8) is 0 Å². The molecule has 2 aromatic carbocycles. The van der Waals surface area contributed by atoms with Gasteiger partial charge in [0, 0.05) is 20.5 Å². The Labute approximate surface area is 171 Å². The molecule has 0 saturated heterocycles. The lowest BCUT2D eigenvalue weighted by atomic mass is 9.95. The number of rotatable bonds is 8. The maximum Gasteiger partial charge on any atom is 0.469 e. The molecule has 10 heteroatoms. The largest absolute Gasteiger partial charge is 0.507 e.